The zero-order valence-electron chi connectivity index (χ0n) is 20.4. The second-order valence-electron chi connectivity index (χ2n) is 8.99. The molecule has 0 saturated carbocycles. The number of aromatic nitrogens is 4. The van der Waals surface area contributed by atoms with Crippen LogP contribution < -0.4 is 10.4 Å². The van der Waals surface area contributed by atoms with E-state index in [1.54, 1.807) is 0 Å². The van der Waals surface area contributed by atoms with Crippen molar-refractivity contribution in [2.75, 3.05) is 32.8 Å². The Kier molecular flexibility index (Phi) is 6.39. The second kappa shape index (κ2) is 9.60. The third-order valence-electron chi connectivity index (χ3n) is 6.89. The van der Waals surface area contributed by atoms with Crippen LogP contribution in [0.25, 0.3) is 33.4 Å². The minimum Gasteiger partial charge on any atom is -0.379 e. The molecular weight excluding hydrogens is 426 g/mol. The van der Waals surface area contributed by atoms with Crippen molar-refractivity contribution in [2.24, 2.45) is 0 Å². The van der Waals surface area contributed by atoms with Gasteiger partial charge in [-0.15, -0.1) is 4.68 Å². The van der Waals surface area contributed by atoms with Crippen molar-refractivity contribution < 1.29 is 9.42 Å². The molecule has 2 aromatic heterocycles. The summed E-state index contributed by atoms with van der Waals surface area (Å²) in [5, 5.41) is 3.52. The molecule has 0 spiro atoms. The van der Waals surface area contributed by atoms with E-state index >= 15 is 0 Å². The predicted molar refractivity (Wildman–Crippen MR) is 135 cm³/mol. The van der Waals surface area contributed by atoms with Crippen molar-refractivity contribution in [2.45, 2.75) is 40.4 Å². The molecule has 178 valence electrons. The lowest BCUT2D eigenvalue weighted by Gasteiger charge is -2.25. The normalized spacial score (nSPS) is 14.8. The number of aromatic amines is 1. The van der Waals surface area contributed by atoms with Gasteiger partial charge in [0, 0.05) is 31.7 Å². The van der Waals surface area contributed by atoms with Crippen LogP contribution in [-0.2, 0) is 24.4 Å². The van der Waals surface area contributed by atoms with Crippen molar-refractivity contribution in [1.29, 1.82) is 0 Å². The summed E-state index contributed by atoms with van der Waals surface area (Å²) in [7, 11) is 0. The van der Waals surface area contributed by atoms with E-state index in [1.807, 2.05) is 23.0 Å². The number of rotatable bonds is 7. The van der Waals surface area contributed by atoms with E-state index in [0.717, 1.165) is 61.6 Å². The van der Waals surface area contributed by atoms with E-state index in [0.29, 0.717) is 13.1 Å². The van der Waals surface area contributed by atoms with Gasteiger partial charge in [-0.05, 0) is 50.6 Å². The van der Waals surface area contributed by atoms with E-state index in [9.17, 15) is 4.79 Å². The average molecular weight is 461 g/mol. The van der Waals surface area contributed by atoms with Crippen LogP contribution in [0.5, 0.6) is 0 Å². The molecule has 0 atom stereocenters. The van der Waals surface area contributed by atoms with Gasteiger partial charge in [-0.3, -0.25) is 14.0 Å². The van der Waals surface area contributed by atoms with Crippen molar-refractivity contribution in [3.05, 3.63) is 64.7 Å². The summed E-state index contributed by atoms with van der Waals surface area (Å²) in [4.78, 5) is 15.3. The van der Waals surface area contributed by atoms with E-state index in [2.05, 4.69) is 70.3 Å². The Morgan fingerprint density at radius 2 is 1.74 bits per heavy atom. The van der Waals surface area contributed by atoms with Crippen LogP contribution in [0.15, 0.2) is 53.5 Å². The van der Waals surface area contributed by atoms with Crippen molar-refractivity contribution in [3.8, 4) is 22.4 Å². The highest BCUT2D eigenvalue weighted by Crippen LogP contribution is 2.31. The number of hydrogen-bond acceptors (Lipinski definition) is 3. The Labute approximate surface area is 200 Å². The fourth-order valence-electron chi connectivity index (χ4n) is 5.09. The standard InChI is InChI=1S/C27H33N5O2/c1-4-30-24-10-9-21(18-25(24)31(5-2)27(30)33)23-19-28-32(12-11-29-13-15-34-16-14-29)26(23)22-8-6-7-20(3)17-22/h6-10,17-19H,4-5,11-16H2,1-3H3/p+1. The minimum absolute atomic E-state index is 0.0608. The molecule has 3 heterocycles. The summed E-state index contributed by atoms with van der Waals surface area (Å²) in [6.45, 7) is 12.9. The lowest BCUT2D eigenvalue weighted by Crippen LogP contribution is -2.46. The van der Waals surface area contributed by atoms with Crippen LogP contribution in [0, 0.1) is 6.92 Å². The Morgan fingerprint density at radius 1 is 0.971 bits per heavy atom. The summed E-state index contributed by atoms with van der Waals surface area (Å²) in [6.07, 6.45) is 2.10. The van der Waals surface area contributed by atoms with E-state index in [-0.39, 0.29) is 5.69 Å². The maximum Gasteiger partial charge on any atom is 0.329 e. The summed E-state index contributed by atoms with van der Waals surface area (Å²) in [5.74, 6) is 0. The largest absolute Gasteiger partial charge is 0.379 e. The molecule has 0 aliphatic carbocycles. The van der Waals surface area contributed by atoms with Crippen LogP contribution in [-0.4, -0.2) is 52.0 Å². The smallest absolute Gasteiger partial charge is 0.329 e. The zero-order valence-corrected chi connectivity index (χ0v) is 20.4. The van der Waals surface area contributed by atoms with Gasteiger partial charge >= 0.3 is 5.69 Å². The molecule has 7 nitrogen and oxygen atoms in total. The van der Waals surface area contributed by atoms with Crippen LogP contribution in [0.2, 0.25) is 0 Å². The molecule has 0 amide bonds. The molecule has 34 heavy (non-hydrogen) atoms. The lowest BCUT2D eigenvalue weighted by molar-refractivity contribution is -0.739. The molecule has 1 aliphatic heterocycles. The third kappa shape index (κ3) is 4.10. The highest BCUT2D eigenvalue weighted by molar-refractivity contribution is 5.86. The van der Waals surface area contributed by atoms with Crippen molar-refractivity contribution in [1.82, 2.24) is 19.1 Å². The van der Waals surface area contributed by atoms with Crippen LogP contribution in [0.1, 0.15) is 19.4 Å². The quantitative estimate of drug-likeness (QED) is 0.430. The Balaban J connectivity index is 1.60. The van der Waals surface area contributed by atoms with Crippen LogP contribution in [0.4, 0.5) is 0 Å². The number of aryl methyl sites for hydroxylation is 3. The monoisotopic (exact) mass is 460 g/mol. The first-order chi connectivity index (χ1) is 16.6. The van der Waals surface area contributed by atoms with Gasteiger partial charge in [-0.1, -0.05) is 23.8 Å². The number of nitrogens with one attached hydrogen (secondary N) is 1. The molecule has 1 saturated heterocycles. The topological polar surface area (TPSA) is 59.1 Å². The molecule has 0 radical (unpaired) electrons. The molecule has 5 rings (SSSR count). The number of morpholine rings is 1. The van der Waals surface area contributed by atoms with Gasteiger partial charge in [0.2, 0.25) is 5.69 Å². The van der Waals surface area contributed by atoms with Gasteiger partial charge in [0.05, 0.1) is 42.6 Å². The summed E-state index contributed by atoms with van der Waals surface area (Å²) in [6, 6.07) is 15.1. The van der Waals surface area contributed by atoms with Crippen LogP contribution >= 0.6 is 0 Å². The van der Waals surface area contributed by atoms with Gasteiger partial charge in [0.15, 0.2) is 6.54 Å². The van der Waals surface area contributed by atoms with Gasteiger partial charge in [-0.25, -0.2) is 4.79 Å². The van der Waals surface area contributed by atoms with Gasteiger partial charge < -0.3 is 4.74 Å². The molecule has 0 unspecified atom stereocenters. The Hall–Kier alpha value is -3.16. The number of hydrogen-bond donors (Lipinski definition) is 1. The molecule has 1 N–H and O–H groups in total. The predicted octanol–water partition coefficient (Wildman–Crippen LogP) is 3.43. The van der Waals surface area contributed by atoms with Gasteiger partial charge in [-0.2, -0.15) is 5.10 Å². The number of benzene rings is 2. The first kappa shape index (κ1) is 22.6. The van der Waals surface area contributed by atoms with Crippen molar-refractivity contribution >= 4 is 11.0 Å². The van der Waals surface area contributed by atoms with Gasteiger partial charge in [0.25, 0.3) is 0 Å². The molecule has 0 bridgehead atoms. The number of fused-ring (bicyclic) bond motifs is 1. The molecule has 4 aromatic rings. The average Bonchev–Trinajstić information content (AvgIpc) is 3.40. The molecule has 7 heteroatoms. The van der Waals surface area contributed by atoms with Crippen molar-refractivity contribution in [3.63, 3.8) is 0 Å². The molecule has 2 aromatic carbocycles. The SMILES string of the molecule is CCn1c(=O)n(CC)c2cc(-c3c[nH][n+](CCN4CCOCC4)c3-c3cccc(C)c3)ccc21. The Bertz CT molecular complexity index is 1360. The maximum absolute atomic E-state index is 12.9. The van der Waals surface area contributed by atoms with Crippen LogP contribution in [0.3, 0.4) is 0 Å². The first-order valence-corrected chi connectivity index (χ1v) is 12.3. The van der Waals surface area contributed by atoms with E-state index in [4.69, 9.17) is 4.74 Å². The third-order valence-corrected chi connectivity index (χ3v) is 6.89. The fraction of sp³-hybridized carbons (Fsp3) is 0.407. The highest BCUT2D eigenvalue weighted by atomic mass is 16.5. The van der Waals surface area contributed by atoms with E-state index < -0.39 is 0 Å². The number of nitrogens with zero attached hydrogens (tertiary/aromatic N) is 4. The Morgan fingerprint density at radius 3 is 2.47 bits per heavy atom. The number of ether oxygens (including phenoxy) is 1. The zero-order chi connectivity index (χ0) is 23.7. The minimum atomic E-state index is 0.0608. The second-order valence-corrected chi connectivity index (χ2v) is 8.99. The molecular formula is C27H34N5O2+. The van der Waals surface area contributed by atoms with E-state index in [1.165, 1.54) is 16.8 Å². The lowest BCUT2D eigenvalue weighted by atomic mass is 10.00. The molecule has 1 fully saturated rings. The maximum atomic E-state index is 12.9. The number of H-pyrrole nitrogens is 1. The highest BCUT2D eigenvalue weighted by Gasteiger charge is 2.25. The first-order valence-electron chi connectivity index (χ1n) is 12.3. The fourth-order valence-corrected chi connectivity index (χ4v) is 5.09. The summed E-state index contributed by atoms with van der Waals surface area (Å²) in [5.41, 5.74) is 7.91. The number of imidazole rings is 1. The van der Waals surface area contributed by atoms with Gasteiger partial charge in [0.1, 0.15) is 0 Å². The summed E-state index contributed by atoms with van der Waals surface area (Å²) < 4.78 is 11.5. The summed E-state index contributed by atoms with van der Waals surface area (Å²) >= 11 is 0. The molecule has 1 aliphatic rings.